The molecule has 1 N–H and O–H groups in total. The highest BCUT2D eigenvalue weighted by molar-refractivity contribution is 5.90. The number of halogens is 2. The van der Waals surface area contributed by atoms with Crippen LogP contribution in [0.1, 0.15) is 15.9 Å². The number of aromatic nitrogens is 1. The highest BCUT2D eigenvalue weighted by Gasteiger charge is 2.19. The van der Waals surface area contributed by atoms with Gasteiger partial charge in [-0.05, 0) is 18.1 Å². The number of benzene rings is 1. The zero-order valence-corrected chi connectivity index (χ0v) is 12.6. The third-order valence-corrected chi connectivity index (χ3v) is 3.19. The Morgan fingerprint density at radius 3 is 2.75 bits per heavy atom. The van der Waals surface area contributed by atoms with E-state index in [0.29, 0.717) is 0 Å². The van der Waals surface area contributed by atoms with Gasteiger partial charge in [0.1, 0.15) is 11.6 Å². The summed E-state index contributed by atoms with van der Waals surface area (Å²) in [4.78, 5) is 25.6. The van der Waals surface area contributed by atoms with E-state index < -0.39 is 28.2 Å². The topological polar surface area (TPSA) is 94.4 Å². The van der Waals surface area contributed by atoms with Crippen LogP contribution in [0.25, 0.3) is 0 Å². The van der Waals surface area contributed by atoms with Crippen molar-refractivity contribution in [3.05, 3.63) is 63.3 Å². The van der Waals surface area contributed by atoms with E-state index in [9.17, 15) is 23.7 Å². The Bertz CT molecular complexity index is 783. The first-order chi connectivity index (χ1) is 11.4. The first-order valence-corrected chi connectivity index (χ1v) is 6.83. The maximum absolute atomic E-state index is 13.5. The van der Waals surface area contributed by atoms with Crippen LogP contribution in [0.3, 0.4) is 0 Å². The zero-order chi connectivity index (χ0) is 17.7. The van der Waals surface area contributed by atoms with Crippen LogP contribution in [0.2, 0.25) is 0 Å². The van der Waals surface area contributed by atoms with E-state index in [4.69, 9.17) is 0 Å². The van der Waals surface area contributed by atoms with Gasteiger partial charge in [0.25, 0.3) is 0 Å². The number of carbonyl (C=O) groups excluding carboxylic acids is 1. The van der Waals surface area contributed by atoms with Crippen LogP contribution >= 0.6 is 0 Å². The van der Waals surface area contributed by atoms with E-state index in [0.717, 1.165) is 31.5 Å². The lowest BCUT2D eigenvalue weighted by Crippen LogP contribution is -2.11. The lowest BCUT2D eigenvalue weighted by Gasteiger charge is -2.08. The van der Waals surface area contributed by atoms with Gasteiger partial charge in [-0.1, -0.05) is 6.07 Å². The van der Waals surface area contributed by atoms with E-state index >= 15 is 0 Å². The number of hydrogen-bond acceptors (Lipinski definition) is 6. The Morgan fingerprint density at radius 2 is 2.12 bits per heavy atom. The minimum absolute atomic E-state index is 0.0562. The maximum atomic E-state index is 13.5. The fraction of sp³-hybridized carbons (Fsp3) is 0.200. The molecule has 0 radical (unpaired) electrons. The van der Waals surface area contributed by atoms with Crippen LogP contribution in [0.5, 0.6) is 0 Å². The number of rotatable bonds is 6. The Balaban J connectivity index is 2.11. The summed E-state index contributed by atoms with van der Waals surface area (Å²) in [6.45, 7) is 0.133. The molecule has 1 heterocycles. The standard InChI is InChI=1S/C15H13F2N3O4/c1-24-15(21)10-6-13(20(22)23)14(19-8-10)18-5-4-9-2-3-11(16)7-12(9)17/h2-3,6-8H,4-5H2,1H3,(H,18,19). The molecule has 1 aromatic carbocycles. The Morgan fingerprint density at radius 1 is 1.38 bits per heavy atom. The molecule has 1 aromatic heterocycles. The molecule has 0 atom stereocenters. The number of nitro groups is 1. The normalized spacial score (nSPS) is 10.3. The van der Waals surface area contributed by atoms with E-state index in [2.05, 4.69) is 15.0 Å². The van der Waals surface area contributed by atoms with Crippen molar-refractivity contribution < 1.29 is 23.2 Å². The van der Waals surface area contributed by atoms with E-state index in [1.807, 2.05) is 0 Å². The van der Waals surface area contributed by atoms with Crippen molar-refractivity contribution in [1.29, 1.82) is 0 Å². The minimum Gasteiger partial charge on any atom is -0.465 e. The van der Waals surface area contributed by atoms with Crippen molar-refractivity contribution >= 4 is 17.5 Å². The number of nitrogens with zero attached hydrogens (tertiary/aromatic N) is 2. The molecule has 0 amide bonds. The summed E-state index contributed by atoms with van der Waals surface area (Å²) in [5, 5.41) is 13.8. The van der Waals surface area contributed by atoms with Gasteiger partial charge in [0.05, 0.1) is 17.6 Å². The molecule has 2 rings (SSSR count). The zero-order valence-electron chi connectivity index (χ0n) is 12.6. The smallest absolute Gasteiger partial charge is 0.339 e. The lowest BCUT2D eigenvalue weighted by molar-refractivity contribution is -0.384. The average Bonchev–Trinajstić information content (AvgIpc) is 2.56. The van der Waals surface area contributed by atoms with Crippen molar-refractivity contribution in [2.45, 2.75) is 6.42 Å². The molecule has 0 unspecified atom stereocenters. The molecule has 0 saturated carbocycles. The number of esters is 1. The van der Waals surface area contributed by atoms with E-state index in [1.54, 1.807) is 0 Å². The predicted octanol–water partition coefficient (Wildman–Crippen LogP) is 2.71. The second-order valence-electron chi connectivity index (χ2n) is 4.75. The number of pyridine rings is 1. The molecule has 7 nitrogen and oxygen atoms in total. The highest BCUT2D eigenvalue weighted by Crippen LogP contribution is 2.23. The van der Waals surface area contributed by atoms with Crippen molar-refractivity contribution in [2.24, 2.45) is 0 Å². The second kappa shape index (κ2) is 7.44. The number of carbonyl (C=O) groups is 1. The largest absolute Gasteiger partial charge is 0.465 e. The summed E-state index contributed by atoms with van der Waals surface area (Å²) in [5.41, 5.74) is -0.199. The van der Waals surface area contributed by atoms with E-state index in [-0.39, 0.29) is 29.9 Å². The van der Waals surface area contributed by atoms with Crippen LogP contribution in [0.4, 0.5) is 20.3 Å². The predicted molar refractivity (Wildman–Crippen MR) is 80.8 cm³/mol. The number of hydrogen-bond donors (Lipinski definition) is 1. The van der Waals surface area contributed by atoms with Crippen LogP contribution in [0, 0.1) is 21.7 Å². The summed E-state index contributed by atoms with van der Waals surface area (Å²) in [6, 6.07) is 4.24. The molecule has 0 aliphatic carbocycles. The quantitative estimate of drug-likeness (QED) is 0.495. The van der Waals surface area contributed by atoms with Crippen LogP contribution in [-0.4, -0.2) is 29.5 Å². The van der Waals surface area contributed by atoms with Crippen LogP contribution in [0.15, 0.2) is 30.5 Å². The molecule has 0 spiro atoms. The number of anilines is 1. The van der Waals surface area contributed by atoms with Crippen molar-refractivity contribution in [2.75, 3.05) is 19.0 Å². The average molecular weight is 337 g/mol. The molecule has 24 heavy (non-hydrogen) atoms. The molecule has 0 bridgehead atoms. The van der Waals surface area contributed by atoms with Gasteiger partial charge < -0.3 is 10.1 Å². The Hall–Kier alpha value is -3.10. The molecular weight excluding hydrogens is 324 g/mol. The third kappa shape index (κ3) is 4.00. The number of ether oxygens (including phenoxy) is 1. The van der Waals surface area contributed by atoms with Gasteiger partial charge in [-0.2, -0.15) is 0 Å². The van der Waals surface area contributed by atoms with Gasteiger partial charge in [-0.3, -0.25) is 10.1 Å². The molecular formula is C15H13F2N3O4. The highest BCUT2D eigenvalue weighted by atomic mass is 19.1. The van der Waals surface area contributed by atoms with Crippen molar-refractivity contribution in [1.82, 2.24) is 4.98 Å². The Labute approximate surface area is 135 Å². The van der Waals surface area contributed by atoms with Gasteiger partial charge in [0, 0.05) is 24.9 Å². The minimum atomic E-state index is -0.745. The summed E-state index contributed by atoms with van der Waals surface area (Å²) in [6.07, 6.45) is 1.31. The van der Waals surface area contributed by atoms with Gasteiger partial charge in [-0.15, -0.1) is 0 Å². The van der Waals surface area contributed by atoms with Gasteiger partial charge >= 0.3 is 11.7 Å². The van der Waals surface area contributed by atoms with E-state index in [1.165, 1.54) is 6.07 Å². The molecule has 0 fully saturated rings. The molecule has 0 aliphatic rings. The molecule has 2 aromatic rings. The van der Waals surface area contributed by atoms with Crippen LogP contribution in [-0.2, 0) is 11.2 Å². The van der Waals surface area contributed by atoms with Gasteiger partial charge in [0.2, 0.25) is 5.82 Å². The summed E-state index contributed by atoms with van der Waals surface area (Å²) >= 11 is 0. The number of methoxy groups -OCH3 is 1. The van der Waals surface area contributed by atoms with Gasteiger partial charge in [0.15, 0.2) is 0 Å². The first-order valence-electron chi connectivity index (χ1n) is 6.83. The van der Waals surface area contributed by atoms with Gasteiger partial charge in [-0.25, -0.2) is 18.6 Å². The monoisotopic (exact) mass is 337 g/mol. The molecule has 9 heteroatoms. The fourth-order valence-electron chi connectivity index (χ4n) is 2.00. The van der Waals surface area contributed by atoms with Crippen molar-refractivity contribution in [3.63, 3.8) is 0 Å². The maximum Gasteiger partial charge on any atom is 0.339 e. The third-order valence-electron chi connectivity index (χ3n) is 3.19. The SMILES string of the molecule is COC(=O)c1cnc(NCCc2ccc(F)cc2F)c([N+](=O)[O-])c1. The molecule has 126 valence electrons. The summed E-state index contributed by atoms with van der Waals surface area (Å²) < 4.78 is 30.8. The molecule has 0 saturated heterocycles. The first kappa shape index (κ1) is 17.3. The summed E-state index contributed by atoms with van der Waals surface area (Å²) in [5.74, 6) is -2.18. The van der Waals surface area contributed by atoms with Crippen molar-refractivity contribution in [3.8, 4) is 0 Å². The summed E-state index contributed by atoms with van der Waals surface area (Å²) in [7, 11) is 1.15. The number of nitrogens with one attached hydrogen (secondary N) is 1. The lowest BCUT2D eigenvalue weighted by atomic mass is 10.1. The fourth-order valence-corrected chi connectivity index (χ4v) is 2.00. The van der Waals surface area contributed by atoms with Crippen LogP contribution < -0.4 is 5.32 Å². The second-order valence-corrected chi connectivity index (χ2v) is 4.75. The Kier molecular flexibility index (Phi) is 5.35. The molecule has 0 aliphatic heterocycles.